The first-order valence-electron chi connectivity index (χ1n) is 5.40. The number of nitrogens with two attached hydrogens (primary N) is 1. The molecule has 0 radical (unpaired) electrons. The topological polar surface area (TPSA) is 84.5 Å². The van der Waals surface area contributed by atoms with Crippen molar-refractivity contribution in [2.75, 3.05) is 43.5 Å². The molecule has 3 N–H and O–H groups in total. The van der Waals surface area contributed by atoms with Gasteiger partial charge in [0.05, 0.1) is 19.8 Å². The number of hydrogen-bond acceptors (Lipinski definition) is 6. The minimum atomic E-state index is 0.0380. The lowest BCUT2D eigenvalue weighted by Gasteiger charge is -2.22. The summed E-state index contributed by atoms with van der Waals surface area (Å²) in [6, 6.07) is 0. The Hall–Kier alpha value is -0.920. The molecule has 0 spiro atoms. The van der Waals surface area contributed by atoms with E-state index in [0.717, 1.165) is 12.4 Å². The van der Waals surface area contributed by atoms with E-state index in [1.165, 1.54) is 6.33 Å². The molecule has 17 heavy (non-hydrogen) atoms. The van der Waals surface area contributed by atoms with Crippen LogP contribution in [0.5, 0.6) is 0 Å². The summed E-state index contributed by atoms with van der Waals surface area (Å²) < 4.78 is 5.92. The van der Waals surface area contributed by atoms with E-state index in [1.54, 1.807) is 0 Å². The highest BCUT2D eigenvalue weighted by Gasteiger charge is 2.12. The van der Waals surface area contributed by atoms with Crippen LogP contribution in [0.4, 0.5) is 11.6 Å². The largest absolute Gasteiger partial charge is 0.394 e. The number of nitrogens with zero attached hydrogens (tertiary/aromatic N) is 3. The zero-order chi connectivity index (χ0) is 12.7. The number of nitrogen functional groups attached to an aromatic ring is 1. The quantitative estimate of drug-likeness (QED) is 0.720. The molecular weight excluding hydrogens is 288 g/mol. The van der Waals surface area contributed by atoms with Crippen LogP contribution < -0.4 is 10.6 Å². The molecule has 0 saturated carbocycles. The van der Waals surface area contributed by atoms with Gasteiger partial charge in [0.25, 0.3) is 0 Å². The zero-order valence-electron chi connectivity index (χ0n) is 9.77. The van der Waals surface area contributed by atoms with Gasteiger partial charge >= 0.3 is 0 Å². The van der Waals surface area contributed by atoms with Crippen LogP contribution in [-0.2, 0) is 4.74 Å². The summed E-state index contributed by atoms with van der Waals surface area (Å²) in [5.41, 5.74) is 5.70. The maximum atomic E-state index is 8.60. The van der Waals surface area contributed by atoms with Gasteiger partial charge in [-0.25, -0.2) is 9.97 Å². The second-order valence-electron chi connectivity index (χ2n) is 3.31. The van der Waals surface area contributed by atoms with Gasteiger partial charge in [-0.05, 0) is 22.9 Å². The van der Waals surface area contributed by atoms with E-state index in [0.29, 0.717) is 30.0 Å². The molecule has 0 amide bonds. The second kappa shape index (κ2) is 7.41. The monoisotopic (exact) mass is 304 g/mol. The lowest BCUT2D eigenvalue weighted by Crippen LogP contribution is -2.29. The molecule has 96 valence electrons. The van der Waals surface area contributed by atoms with Gasteiger partial charge in [0.15, 0.2) is 0 Å². The lowest BCUT2D eigenvalue weighted by molar-refractivity contribution is 0.0967. The van der Waals surface area contributed by atoms with Crippen molar-refractivity contribution < 1.29 is 9.84 Å². The van der Waals surface area contributed by atoms with Crippen LogP contribution in [0.3, 0.4) is 0 Å². The number of ether oxygens (including phenoxy) is 1. The lowest BCUT2D eigenvalue weighted by atomic mass is 10.4. The number of aliphatic hydroxyl groups excluding tert-OH is 1. The first-order chi connectivity index (χ1) is 8.20. The van der Waals surface area contributed by atoms with Gasteiger partial charge in [-0.1, -0.05) is 0 Å². The second-order valence-corrected chi connectivity index (χ2v) is 4.11. The average molecular weight is 305 g/mol. The number of rotatable bonds is 7. The van der Waals surface area contributed by atoms with E-state index >= 15 is 0 Å². The first-order valence-corrected chi connectivity index (χ1v) is 6.19. The van der Waals surface area contributed by atoms with Crippen molar-refractivity contribution >= 4 is 27.6 Å². The van der Waals surface area contributed by atoms with Crippen molar-refractivity contribution in [2.45, 2.75) is 6.92 Å². The molecule has 0 aromatic carbocycles. The fraction of sp³-hybridized carbons (Fsp3) is 0.600. The Kier molecular flexibility index (Phi) is 6.17. The molecule has 0 bridgehead atoms. The molecule has 1 aromatic heterocycles. The summed E-state index contributed by atoms with van der Waals surface area (Å²) in [6.45, 7) is 4.42. The van der Waals surface area contributed by atoms with Gasteiger partial charge in [0.2, 0.25) is 0 Å². The molecule has 0 aliphatic carbocycles. The van der Waals surface area contributed by atoms with E-state index in [4.69, 9.17) is 15.6 Å². The molecule has 0 aliphatic heterocycles. The Balaban J connectivity index is 2.63. The molecule has 0 fully saturated rings. The highest BCUT2D eigenvalue weighted by molar-refractivity contribution is 9.10. The van der Waals surface area contributed by atoms with Crippen LogP contribution in [0.2, 0.25) is 0 Å². The normalized spacial score (nSPS) is 10.5. The molecular formula is C10H17BrN4O2. The number of hydrogen-bond donors (Lipinski definition) is 2. The van der Waals surface area contributed by atoms with Gasteiger partial charge in [-0.3, -0.25) is 0 Å². The van der Waals surface area contributed by atoms with E-state index in [1.807, 2.05) is 11.8 Å². The highest BCUT2D eigenvalue weighted by Crippen LogP contribution is 2.26. The molecule has 0 unspecified atom stereocenters. The highest BCUT2D eigenvalue weighted by atomic mass is 79.9. The van der Waals surface area contributed by atoms with Crippen molar-refractivity contribution in [3.63, 3.8) is 0 Å². The smallest absolute Gasteiger partial charge is 0.148 e. The fourth-order valence-electron chi connectivity index (χ4n) is 1.35. The van der Waals surface area contributed by atoms with Crippen LogP contribution in [0, 0.1) is 0 Å². The van der Waals surface area contributed by atoms with Crippen molar-refractivity contribution in [3.8, 4) is 0 Å². The number of likely N-dealkylation sites (N-methyl/N-ethyl adjacent to an activating group) is 1. The maximum Gasteiger partial charge on any atom is 0.148 e. The van der Waals surface area contributed by atoms with E-state index in [9.17, 15) is 0 Å². The number of halogens is 1. The van der Waals surface area contributed by atoms with Crippen LogP contribution in [-0.4, -0.2) is 48.0 Å². The molecule has 1 aromatic rings. The van der Waals surface area contributed by atoms with Crippen molar-refractivity contribution in [1.29, 1.82) is 0 Å². The van der Waals surface area contributed by atoms with Crippen LogP contribution in [0.15, 0.2) is 10.8 Å². The van der Waals surface area contributed by atoms with Gasteiger partial charge in [-0.15, -0.1) is 0 Å². The number of aliphatic hydroxyl groups is 1. The van der Waals surface area contributed by atoms with Crippen molar-refractivity contribution in [1.82, 2.24) is 9.97 Å². The Morgan fingerprint density at radius 1 is 1.47 bits per heavy atom. The summed E-state index contributed by atoms with van der Waals surface area (Å²) in [5, 5.41) is 8.60. The van der Waals surface area contributed by atoms with E-state index < -0.39 is 0 Å². The van der Waals surface area contributed by atoms with Crippen molar-refractivity contribution in [3.05, 3.63) is 10.8 Å². The molecule has 6 nitrogen and oxygen atoms in total. The predicted octanol–water partition coefficient (Wildman–Crippen LogP) is 0.657. The minimum Gasteiger partial charge on any atom is -0.394 e. The summed E-state index contributed by atoms with van der Waals surface area (Å²) >= 11 is 3.37. The van der Waals surface area contributed by atoms with Gasteiger partial charge in [-0.2, -0.15) is 0 Å². The van der Waals surface area contributed by atoms with Gasteiger partial charge in [0.1, 0.15) is 22.4 Å². The van der Waals surface area contributed by atoms with Gasteiger partial charge < -0.3 is 20.5 Å². The molecule has 7 heteroatoms. The Morgan fingerprint density at radius 2 is 2.24 bits per heavy atom. The average Bonchev–Trinajstić information content (AvgIpc) is 2.34. The minimum absolute atomic E-state index is 0.0380. The van der Waals surface area contributed by atoms with E-state index in [-0.39, 0.29) is 6.61 Å². The third-order valence-corrected chi connectivity index (χ3v) is 2.98. The Bertz CT molecular complexity index is 351. The third kappa shape index (κ3) is 4.10. The zero-order valence-corrected chi connectivity index (χ0v) is 11.4. The van der Waals surface area contributed by atoms with Crippen LogP contribution in [0.1, 0.15) is 6.92 Å². The number of aromatic nitrogens is 2. The fourth-order valence-corrected chi connectivity index (χ4v) is 1.80. The molecule has 0 atom stereocenters. The summed E-state index contributed by atoms with van der Waals surface area (Å²) in [4.78, 5) is 10.1. The third-order valence-electron chi connectivity index (χ3n) is 2.22. The number of anilines is 2. The summed E-state index contributed by atoms with van der Waals surface area (Å²) in [5.74, 6) is 1.18. The Morgan fingerprint density at radius 3 is 2.88 bits per heavy atom. The standard InChI is InChI=1S/C10H17BrN4O2/c1-2-15(3-5-17-6-4-16)10-8(11)9(12)13-7-14-10/h7,16H,2-6H2,1H3,(H2,12,13,14). The first kappa shape index (κ1) is 14.1. The predicted molar refractivity (Wildman–Crippen MR) is 69.9 cm³/mol. The maximum absolute atomic E-state index is 8.60. The molecule has 1 rings (SSSR count). The van der Waals surface area contributed by atoms with Gasteiger partial charge in [0, 0.05) is 13.1 Å². The molecule has 0 aliphatic rings. The SMILES string of the molecule is CCN(CCOCCO)c1ncnc(N)c1Br. The van der Waals surface area contributed by atoms with Crippen LogP contribution in [0.25, 0.3) is 0 Å². The Labute approximate surface area is 109 Å². The molecule has 0 saturated heterocycles. The summed E-state index contributed by atoms with van der Waals surface area (Å²) in [6.07, 6.45) is 1.44. The molecule has 1 heterocycles. The summed E-state index contributed by atoms with van der Waals surface area (Å²) in [7, 11) is 0. The van der Waals surface area contributed by atoms with Crippen molar-refractivity contribution in [2.24, 2.45) is 0 Å². The van der Waals surface area contributed by atoms with Crippen LogP contribution >= 0.6 is 15.9 Å². The van der Waals surface area contributed by atoms with E-state index in [2.05, 4.69) is 25.9 Å².